The number of sulfone groups is 2. The second-order valence-corrected chi connectivity index (χ2v) is 11.8. The number of hydrogen-bond donors (Lipinski definition) is 0. The largest absolute Gasteiger partial charge is 0.218 e. The van der Waals surface area contributed by atoms with Crippen LogP contribution in [0.5, 0.6) is 0 Å². The zero-order valence-corrected chi connectivity index (χ0v) is 17.9. The van der Waals surface area contributed by atoms with Gasteiger partial charge in [0.1, 0.15) is 0 Å². The van der Waals surface area contributed by atoms with Gasteiger partial charge in [-0.3, -0.25) is 0 Å². The van der Waals surface area contributed by atoms with Crippen LogP contribution in [0.1, 0.15) is 22.3 Å². The Balaban J connectivity index is 1.75. The number of fused-ring (bicyclic) bond motifs is 6. The molecule has 0 spiro atoms. The molecule has 0 aromatic heterocycles. The van der Waals surface area contributed by atoms with Crippen molar-refractivity contribution in [2.24, 2.45) is 0 Å². The van der Waals surface area contributed by atoms with E-state index in [1.807, 2.05) is 50.2 Å². The van der Waals surface area contributed by atoms with Crippen LogP contribution in [0.3, 0.4) is 0 Å². The molecule has 0 saturated heterocycles. The maximum atomic E-state index is 13.5. The summed E-state index contributed by atoms with van der Waals surface area (Å²) < 4.78 is 54.0. The molecule has 0 N–H and O–H groups in total. The minimum Gasteiger partial charge on any atom is -0.218 e. The summed E-state index contributed by atoms with van der Waals surface area (Å²) in [5.41, 5.74) is 2.60. The summed E-state index contributed by atoms with van der Waals surface area (Å²) in [6, 6.07) is 18.0. The summed E-state index contributed by atoms with van der Waals surface area (Å²) in [4.78, 5) is -0.0179. The van der Waals surface area contributed by atoms with E-state index in [-0.39, 0.29) is 30.7 Å². The highest BCUT2D eigenvalue weighted by Gasteiger charge is 2.49. The van der Waals surface area contributed by atoms with Gasteiger partial charge in [-0.15, -0.1) is 0 Å². The van der Waals surface area contributed by atoms with Crippen molar-refractivity contribution in [1.82, 2.24) is 0 Å². The second-order valence-electron chi connectivity index (χ2n) is 8.06. The van der Waals surface area contributed by atoms with Gasteiger partial charge in [-0.2, -0.15) is 0 Å². The third-order valence-electron chi connectivity index (χ3n) is 6.00. The smallest absolute Gasteiger partial charge is 0.209 e. The first kappa shape index (κ1) is 17.9. The fraction of sp³-hybridized carbons (Fsp3) is 0.0833. The molecular weight excluding hydrogens is 416 g/mol. The van der Waals surface area contributed by atoms with Gasteiger partial charge in [0.15, 0.2) is 0 Å². The minimum atomic E-state index is -3.95. The van der Waals surface area contributed by atoms with E-state index in [0.29, 0.717) is 0 Å². The molecule has 148 valence electrons. The lowest BCUT2D eigenvalue weighted by molar-refractivity contribution is 0.606. The quantitative estimate of drug-likeness (QED) is 0.392. The first-order valence-corrected chi connectivity index (χ1v) is 12.5. The second kappa shape index (κ2) is 5.39. The molecule has 2 heterocycles. The lowest BCUT2D eigenvalue weighted by atomic mass is 10.0. The summed E-state index contributed by atoms with van der Waals surface area (Å²) in [7, 11) is -7.89. The molecule has 4 aromatic carbocycles. The van der Waals surface area contributed by atoms with Gasteiger partial charge in [-0.05, 0) is 59.7 Å². The van der Waals surface area contributed by atoms with E-state index < -0.39 is 19.7 Å². The lowest BCUT2D eigenvalue weighted by Crippen LogP contribution is -2.04. The van der Waals surface area contributed by atoms with Gasteiger partial charge in [0.25, 0.3) is 0 Å². The molecule has 0 unspecified atom stereocenters. The summed E-state index contributed by atoms with van der Waals surface area (Å²) in [6.45, 7) is 3.90. The van der Waals surface area contributed by atoms with Gasteiger partial charge in [-0.1, -0.05) is 47.5 Å². The fourth-order valence-electron chi connectivity index (χ4n) is 4.59. The number of aryl methyl sites for hydroxylation is 2. The molecule has 0 radical (unpaired) electrons. The van der Waals surface area contributed by atoms with Gasteiger partial charge < -0.3 is 0 Å². The van der Waals surface area contributed by atoms with E-state index >= 15 is 0 Å². The van der Waals surface area contributed by atoms with E-state index in [1.165, 1.54) is 0 Å². The normalized spacial score (nSPS) is 17.9. The Labute approximate surface area is 174 Å². The lowest BCUT2D eigenvalue weighted by Gasteiger charge is -2.11. The molecule has 4 nitrogen and oxygen atoms in total. The molecule has 0 atom stereocenters. The monoisotopic (exact) mass is 432 g/mol. The zero-order chi connectivity index (χ0) is 21.0. The number of hydrogen-bond acceptors (Lipinski definition) is 4. The summed E-state index contributed by atoms with van der Waals surface area (Å²) in [5, 5.41) is 3.20. The molecule has 0 aliphatic carbocycles. The molecule has 0 amide bonds. The Bertz CT molecular complexity index is 1600. The highest BCUT2D eigenvalue weighted by Crippen LogP contribution is 2.55. The van der Waals surface area contributed by atoms with Crippen molar-refractivity contribution in [3.63, 3.8) is 0 Å². The Morgan fingerprint density at radius 3 is 1.30 bits per heavy atom. The van der Waals surface area contributed by atoms with Gasteiger partial charge in [0.05, 0.1) is 19.6 Å². The van der Waals surface area contributed by atoms with Crippen LogP contribution >= 0.6 is 0 Å². The van der Waals surface area contributed by atoms with Crippen LogP contribution in [-0.2, 0) is 19.7 Å². The van der Waals surface area contributed by atoms with E-state index in [2.05, 4.69) is 0 Å². The minimum absolute atomic E-state index is 0.0717. The van der Waals surface area contributed by atoms with E-state index in [4.69, 9.17) is 0 Å². The summed E-state index contributed by atoms with van der Waals surface area (Å²) >= 11 is 0. The third-order valence-corrected chi connectivity index (χ3v) is 9.89. The Morgan fingerprint density at radius 2 is 0.900 bits per heavy atom. The average molecular weight is 433 g/mol. The molecule has 4 aromatic rings. The summed E-state index contributed by atoms with van der Waals surface area (Å²) in [6.07, 6.45) is 0. The van der Waals surface area contributed by atoms with Crippen molar-refractivity contribution < 1.29 is 16.8 Å². The van der Waals surface area contributed by atoms with E-state index in [0.717, 1.165) is 32.7 Å². The molecular formula is C24H16O4S2. The van der Waals surface area contributed by atoms with Crippen LogP contribution in [0, 0.1) is 13.8 Å². The molecule has 6 rings (SSSR count). The third kappa shape index (κ3) is 2.10. The Hall–Kier alpha value is -2.96. The van der Waals surface area contributed by atoms with Crippen molar-refractivity contribution in [3.05, 3.63) is 82.9 Å². The van der Waals surface area contributed by atoms with Crippen molar-refractivity contribution in [1.29, 1.82) is 0 Å². The predicted molar refractivity (Wildman–Crippen MR) is 119 cm³/mol. The highest BCUT2D eigenvalue weighted by atomic mass is 32.2. The van der Waals surface area contributed by atoms with Crippen molar-refractivity contribution >= 4 is 51.0 Å². The Morgan fingerprint density at radius 1 is 0.500 bits per heavy atom. The van der Waals surface area contributed by atoms with Crippen LogP contribution in [0.25, 0.3) is 31.4 Å². The van der Waals surface area contributed by atoms with Crippen LogP contribution in [0.15, 0.2) is 70.5 Å². The molecule has 2 aliphatic heterocycles. The first-order chi connectivity index (χ1) is 14.2. The maximum absolute atomic E-state index is 13.5. The van der Waals surface area contributed by atoms with Crippen molar-refractivity contribution in [3.8, 4) is 0 Å². The van der Waals surface area contributed by atoms with Crippen molar-refractivity contribution in [2.45, 2.75) is 23.6 Å². The molecule has 6 heteroatoms. The standard InChI is InChI=1S/C24H16O4S2/c1-13-3-5-15-11-21-19(9-17(15)7-13)23-24(29(21,25)26)20-10-18-8-14(2)4-6-16(18)12-22(20)30(23,27)28/h3-12H,1-2H3. The zero-order valence-electron chi connectivity index (χ0n) is 16.2. The molecule has 0 fully saturated rings. The molecule has 0 saturated carbocycles. The van der Waals surface area contributed by atoms with Gasteiger partial charge in [-0.25, -0.2) is 16.8 Å². The van der Waals surface area contributed by atoms with E-state index in [1.54, 1.807) is 24.3 Å². The van der Waals surface area contributed by atoms with Gasteiger partial charge >= 0.3 is 0 Å². The van der Waals surface area contributed by atoms with Crippen LogP contribution in [0.4, 0.5) is 0 Å². The maximum Gasteiger partial charge on any atom is 0.209 e. The fourth-order valence-corrected chi connectivity index (χ4v) is 8.91. The predicted octanol–water partition coefficient (Wildman–Crippen LogP) is 5.01. The van der Waals surface area contributed by atoms with Gasteiger partial charge in [0, 0.05) is 11.1 Å². The number of benzene rings is 4. The topological polar surface area (TPSA) is 68.3 Å². The van der Waals surface area contributed by atoms with Crippen LogP contribution < -0.4 is 0 Å². The SMILES string of the molecule is Cc1ccc2cc3c(cc2c1)C1=C(c2cc4cc(C)ccc4cc2S1(=O)=O)S3(=O)=O. The van der Waals surface area contributed by atoms with Crippen LogP contribution in [0.2, 0.25) is 0 Å². The first-order valence-electron chi connectivity index (χ1n) is 9.52. The highest BCUT2D eigenvalue weighted by molar-refractivity contribution is 8.08. The van der Waals surface area contributed by atoms with Crippen LogP contribution in [-0.4, -0.2) is 16.8 Å². The molecule has 30 heavy (non-hydrogen) atoms. The van der Waals surface area contributed by atoms with Gasteiger partial charge in [0.2, 0.25) is 19.7 Å². The summed E-state index contributed by atoms with van der Waals surface area (Å²) in [5.74, 6) is 0. The molecule has 2 aliphatic rings. The van der Waals surface area contributed by atoms with E-state index in [9.17, 15) is 16.8 Å². The Kier molecular flexibility index (Phi) is 3.21. The number of rotatable bonds is 0. The average Bonchev–Trinajstić information content (AvgIpc) is 3.06. The molecule has 0 bridgehead atoms. The van der Waals surface area contributed by atoms with Crippen molar-refractivity contribution in [2.75, 3.05) is 0 Å².